The third kappa shape index (κ3) is 6.60. The monoisotopic (exact) mass is 529 g/mol. The number of nitrogens with one attached hydrogen (secondary N) is 1. The van der Waals surface area contributed by atoms with Gasteiger partial charge >= 0.3 is 5.97 Å². The van der Waals surface area contributed by atoms with E-state index >= 15 is 0 Å². The molecule has 0 aliphatic heterocycles. The van der Waals surface area contributed by atoms with Gasteiger partial charge in [0.1, 0.15) is 23.4 Å². The molecular formula is C32H35NO6. The Morgan fingerprint density at radius 1 is 0.795 bits per heavy atom. The molecule has 7 nitrogen and oxygen atoms in total. The Labute approximate surface area is 229 Å². The Morgan fingerprint density at radius 3 is 2.05 bits per heavy atom. The summed E-state index contributed by atoms with van der Waals surface area (Å²) < 4.78 is 18.2. The quantitative estimate of drug-likeness (QED) is 0.320. The fourth-order valence-corrected chi connectivity index (χ4v) is 6.06. The molecule has 1 amide bonds. The van der Waals surface area contributed by atoms with Gasteiger partial charge in [0.15, 0.2) is 0 Å². The molecule has 0 radical (unpaired) electrons. The lowest BCUT2D eigenvalue weighted by molar-refractivity contribution is -0.115. The molecule has 39 heavy (non-hydrogen) atoms. The molecule has 0 heterocycles. The summed E-state index contributed by atoms with van der Waals surface area (Å²) in [5.41, 5.74) is 1.13. The van der Waals surface area contributed by atoms with E-state index in [9.17, 15) is 14.7 Å². The molecule has 0 saturated heterocycles. The number of rotatable bonds is 9. The fourth-order valence-electron chi connectivity index (χ4n) is 6.06. The molecule has 4 atom stereocenters. The minimum atomic E-state index is -1.08. The summed E-state index contributed by atoms with van der Waals surface area (Å²) in [5, 5.41) is 12.0. The number of carbonyl (C=O) groups is 2. The van der Waals surface area contributed by atoms with Crippen LogP contribution in [0, 0.1) is 11.8 Å². The molecule has 3 aromatic carbocycles. The van der Waals surface area contributed by atoms with Crippen LogP contribution in [-0.4, -0.2) is 36.3 Å². The first-order valence-electron chi connectivity index (χ1n) is 13.7. The van der Waals surface area contributed by atoms with Crippen molar-refractivity contribution in [3.8, 4) is 17.2 Å². The van der Waals surface area contributed by atoms with E-state index in [1.165, 1.54) is 31.7 Å². The summed E-state index contributed by atoms with van der Waals surface area (Å²) in [6.07, 6.45) is 7.79. The Hall–Kier alpha value is -3.84. The molecule has 4 unspecified atom stereocenters. The largest absolute Gasteiger partial charge is 0.490 e. The molecule has 7 heteroatoms. The number of fused-ring (bicyclic) bond motifs is 1. The SMILES string of the molecule is COC1CCCC2C(Oc3ccc(Oc4ccc(CC(=O)Nc5ccccc5C(=O)O)cc4)cc3)CCCC12. The van der Waals surface area contributed by atoms with Gasteiger partial charge < -0.3 is 24.6 Å². The number of methoxy groups -OCH3 is 1. The van der Waals surface area contributed by atoms with Gasteiger partial charge in [0.2, 0.25) is 5.91 Å². The number of hydrogen-bond donors (Lipinski definition) is 2. The highest BCUT2D eigenvalue weighted by atomic mass is 16.5. The lowest BCUT2D eigenvalue weighted by atomic mass is 9.68. The van der Waals surface area contributed by atoms with Crippen molar-refractivity contribution in [2.75, 3.05) is 12.4 Å². The van der Waals surface area contributed by atoms with Crippen molar-refractivity contribution >= 4 is 17.6 Å². The van der Waals surface area contributed by atoms with Crippen LogP contribution in [-0.2, 0) is 16.0 Å². The highest BCUT2D eigenvalue weighted by Gasteiger charge is 2.41. The lowest BCUT2D eigenvalue weighted by Gasteiger charge is -2.44. The molecule has 2 fully saturated rings. The fraction of sp³-hybridized carbons (Fsp3) is 0.375. The van der Waals surface area contributed by atoms with Gasteiger partial charge in [-0.05, 0) is 92.1 Å². The first-order valence-corrected chi connectivity index (χ1v) is 13.7. The van der Waals surface area contributed by atoms with Crippen molar-refractivity contribution in [1.82, 2.24) is 0 Å². The van der Waals surface area contributed by atoms with E-state index in [1.54, 1.807) is 18.2 Å². The van der Waals surface area contributed by atoms with Gasteiger partial charge in [-0.3, -0.25) is 4.79 Å². The van der Waals surface area contributed by atoms with Crippen LogP contribution in [0.15, 0.2) is 72.8 Å². The number of anilines is 1. The number of carbonyl (C=O) groups excluding carboxylic acids is 1. The van der Waals surface area contributed by atoms with Crippen molar-refractivity contribution in [3.63, 3.8) is 0 Å². The maximum Gasteiger partial charge on any atom is 0.337 e. The standard InChI is InChI=1S/C32H35NO6/c1-37-29-10-4-8-26-25(29)7-5-11-30(26)39-24-18-16-23(17-19-24)38-22-14-12-21(13-15-22)20-31(34)33-28-9-3-2-6-27(28)32(35)36/h2-3,6,9,12-19,25-26,29-30H,4-5,7-8,10-11,20H2,1H3,(H,33,34)(H,35,36). The predicted molar refractivity (Wildman–Crippen MR) is 149 cm³/mol. The summed E-state index contributed by atoms with van der Waals surface area (Å²) in [6, 6.07) is 21.4. The normalized spacial score (nSPS) is 22.4. The highest BCUT2D eigenvalue weighted by Crippen LogP contribution is 2.43. The zero-order chi connectivity index (χ0) is 27.2. The minimum absolute atomic E-state index is 0.0580. The third-order valence-electron chi connectivity index (χ3n) is 7.93. The van der Waals surface area contributed by atoms with E-state index in [0.29, 0.717) is 29.4 Å². The molecule has 2 aliphatic rings. The minimum Gasteiger partial charge on any atom is -0.490 e. The van der Waals surface area contributed by atoms with Gasteiger partial charge in [-0.2, -0.15) is 0 Å². The zero-order valence-corrected chi connectivity index (χ0v) is 22.2. The number of carboxylic acid groups (broad SMARTS) is 1. The van der Waals surface area contributed by atoms with Crippen LogP contribution in [0.3, 0.4) is 0 Å². The van der Waals surface area contributed by atoms with Crippen molar-refractivity contribution in [3.05, 3.63) is 83.9 Å². The van der Waals surface area contributed by atoms with Crippen LogP contribution in [0.2, 0.25) is 0 Å². The summed E-state index contributed by atoms with van der Waals surface area (Å²) in [5.74, 6) is 2.00. The van der Waals surface area contributed by atoms with Gasteiger partial charge in [0, 0.05) is 13.0 Å². The molecular weight excluding hydrogens is 494 g/mol. The van der Waals surface area contributed by atoms with E-state index in [0.717, 1.165) is 24.2 Å². The average Bonchev–Trinajstić information content (AvgIpc) is 2.95. The van der Waals surface area contributed by atoms with Gasteiger partial charge in [-0.25, -0.2) is 4.79 Å². The van der Waals surface area contributed by atoms with Crippen LogP contribution < -0.4 is 14.8 Å². The van der Waals surface area contributed by atoms with Crippen LogP contribution in [0.4, 0.5) is 5.69 Å². The molecule has 2 aliphatic carbocycles. The van der Waals surface area contributed by atoms with Gasteiger partial charge in [0.25, 0.3) is 0 Å². The lowest BCUT2D eigenvalue weighted by Crippen LogP contribution is -2.44. The molecule has 5 rings (SSSR count). The highest BCUT2D eigenvalue weighted by molar-refractivity contribution is 6.01. The molecule has 3 aromatic rings. The topological polar surface area (TPSA) is 94.1 Å². The Balaban J connectivity index is 1.14. The second-order valence-corrected chi connectivity index (χ2v) is 10.4. The maximum atomic E-state index is 12.5. The van der Waals surface area contributed by atoms with Crippen LogP contribution in [0.1, 0.15) is 54.4 Å². The van der Waals surface area contributed by atoms with Gasteiger partial charge in [0.05, 0.1) is 23.8 Å². The Morgan fingerprint density at radius 2 is 1.38 bits per heavy atom. The van der Waals surface area contributed by atoms with Crippen molar-refractivity contribution in [1.29, 1.82) is 0 Å². The number of carboxylic acids is 1. The molecule has 0 aromatic heterocycles. The number of hydrogen-bond acceptors (Lipinski definition) is 5. The van der Waals surface area contributed by atoms with Crippen LogP contribution >= 0.6 is 0 Å². The number of benzene rings is 3. The second-order valence-electron chi connectivity index (χ2n) is 10.4. The second kappa shape index (κ2) is 12.3. The van der Waals surface area contributed by atoms with Gasteiger partial charge in [-0.15, -0.1) is 0 Å². The van der Waals surface area contributed by atoms with E-state index in [-0.39, 0.29) is 29.7 Å². The number of amides is 1. The molecule has 0 bridgehead atoms. The third-order valence-corrected chi connectivity index (χ3v) is 7.93. The van der Waals surface area contributed by atoms with E-state index in [4.69, 9.17) is 14.2 Å². The predicted octanol–water partition coefficient (Wildman–Crippen LogP) is 6.72. The van der Waals surface area contributed by atoms with E-state index in [2.05, 4.69) is 5.32 Å². The Kier molecular flexibility index (Phi) is 8.47. The summed E-state index contributed by atoms with van der Waals surface area (Å²) in [4.78, 5) is 23.8. The number of aromatic carboxylic acids is 1. The van der Waals surface area contributed by atoms with Gasteiger partial charge in [-0.1, -0.05) is 30.7 Å². The average molecular weight is 530 g/mol. The molecule has 0 spiro atoms. The molecule has 204 valence electrons. The van der Waals surface area contributed by atoms with E-state index in [1.807, 2.05) is 55.6 Å². The van der Waals surface area contributed by atoms with Crippen LogP contribution in [0.25, 0.3) is 0 Å². The van der Waals surface area contributed by atoms with Crippen LogP contribution in [0.5, 0.6) is 17.2 Å². The van der Waals surface area contributed by atoms with E-state index < -0.39 is 5.97 Å². The molecule has 2 N–H and O–H groups in total. The first kappa shape index (κ1) is 26.8. The number of ether oxygens (including phenoxy) is 3. The first-order chi connectivity index (χ1) is 19.0. The van der Waals surface area contributed by atoms with Crippen molar-refractivity contribution in [2.45, 2.75) is 57.2 Å². The summed E-state index contributed by atoms with van der Waals surface area (Å²) in [6.45, 7) is 0. The van der Waals surface area contributed by atoms with Crippen molar-refractivity contribution < 1.29 is 28.9 Å². The summed E-state index contributed by atoms with van der Waals surface area (Å²) >= 11 is 0. The number of para-hydroxylation sites is 1. The molecule has 2 saturated carbocycles. The Bertz CT molecular complexity index is 1270. The smallest absolute Gasteiger partial charge is 0.337 e. The van der Waals surface area contributed by atoms with Crippen molar-refractivity contribution in [2.24, 2.45) is 11.8 Å². The zero-order valence-electron chi connectivity index (χ0n) is 22.2. The summed E-state index contributed by atoms with van der Waals surface area (Å²) in [7, 11) is 1.84. The maximum absolute atomic E-state index is 12.5.